The zero-order valence-corrected chi connectivity index (χ0v) is 12.1. The molecule has 1 atom stereocenters. The van der Waals surface area contributed by atoms with Crippen LogP contribution in [0, 0.1) is 11.8 Å². The highest BCUT2D eigenvalue weighted by atomic mass is 32.1. The standard InChI is InChI=1S/C14H21N3OS/c1-9(10-2-3-10)13(18)17-14-16-8-12(19-14)11-4-6-15-7-5-11/h8-11,15H,2-7H2,1H3,(H,16,17,18). The molecule has 1 aliphatic carbocycles. The number of rotatable bonds is 4. The number of nitrogens with one attached hydrogen (secondary N) is 2. The Bertz CT molecular complexity index is 449. The second-order valence-corrected chi connectivity index (χ2v) is 6.77. The van der Waals surface area contributed by atoms with Gasteiger partial charge in [-0.3, -0.25) is 4.79 Å². The summed E-state index contributed by atoms with van der Waals surface area (Å²) in [7, 11) is 0. The molecule has 1 aliphatic heterocycles. The van der Waals surface area contributed by atoms with Crippen molar-refractivity contribution in [2.45, 2.75) is 38.5 Å². The molecule has 2 N–H and O–H groups in total. The van der Waals surface area contributed by atoms with Gasteiger partial charge in [0.25, 0.3) is 0 Å². The third kappa shape index (κ3) is 3.15. The summed E-state index contributed by atoms with van der Waals surface area (Å²) < 4.78 is 0. The van der Waals surface area contributed by atoms with E-state index in [1.807, 2.05) is 13.1 Å². The van der Waals surface area contributed by atoms with Gasteiger partial charge in [0.2, 0.25) is 5.91 Å². The number of hydrogen-bond acceptors (Lipinski definition) is 4. The Kier molecular flexibility index (Phi) is 3.84. The molecule has 0 radical (unpaired) electrons. The largest absolute Gasteiger partial charge is 0.317 e. The van der Waals surface area contributed by atoms with Crippen molar-refractivity contribution in [1.82, 2.24) is 10.3 Å². The number of hydrogen-bond donors (Lipinski definition) is 2. The fourth-order valence-electron chi connectivity index (χ4n) is 2.67. The smallest absolute Gasteiger partial charge is 0.229 e. The van der Waals surface area contributed by atoms with Crippen molar-refractivity contribution in [1.29, 1.82) is 0 Å². The summed E-state index contributed by atoms with van der Waals surface area (Å²) in [4.78, 5) is 17.7. The maximum Gasteiger partial charge on any atom is 0.229 e. The van der Waals surface area contributed by atoms with Gasteiger partial charge < -0.3 is 10.6 Å². The van der Waals surface area contributed by atoms with Crippen LogP contribution in [0.2, 0.25) is 0 Å². The molecule has 2 fully saturated rings. The molecule has 104 valence electrons. The molecule has 1 saturated heterocycles. The fraction of sp³-hybridized carbons (Fsp3) is 0.714. The third-order valence-electron chi connectivity index (χ3n) is 4.24. The van der Waals surface area contributed by atoms with Crippen molar-refractivity contribution in [3.05, 3.63) is 11.1 Å². The van der Waals surface area contributed by atoms with Crippen LogP contribution in [0.3, 0.4) is 0 Å². The first-order valence-electron chi connectivity index (χ1n) is 7.21. The highest BCUT2D eigenvalue weighted by molar-refractivity contribution is 7.15. The van der Waals surface area contributed by atoms with Crippen LogP contribution in [0.15, 0.2) is 6.20 Å². The molecule has 1 aromatic rings. The first-order valence-corrected chi connectivity index (χ1v) is 8.03. The van der Waals surface area contributed by atoms with Crippen LogP contribution in [-0.4, -0.2) is 24.0 Å². The lowest BCUT2D eigenvalue weighted by atomic mass is 9.97. The molecule has 3 rings (SSSR count). The summed E-state index contributed by atoms with van der Waals surface area (Å²) in [5.74, 6) is 1.48. The molecular formula is C14H21N3OS. The van der Waals surface area contributed by atoms with E-state index >= 15 is 0 Å². The molecule has 1 amide bonds. The fourth-order valence-corrected chi connectivity index (χ4v) is 3.66. The van der Waals surface area contributed by atoms with Crippen LogP contribution in [0.5, 0.6) is 0 Å². The number of nitrogens with zero attached hydrogens (tertiary/aromatic N) is 1. The summed E-state index contributed by atoms with van der Waals surface area (Å²) in [6, 6.07) is 0. The Morgan fingerprint density at radius 3 is 2.84 bits per heavy atom. The number of carbonyl (C=O) groups is 1. The maximum absolute atomic E-state index is 12.0. The zero-order chi connectivity index (χ0) is 13.2. The lowest BCUT2D eigenvalue weighted by Crippen LogP contribution is -2.26. The molecule has 0 aromatic carbocycles. The van der Waals surface area contributed by atoms with E-state index in [0.29, 0.717) is 11.8 Å². The molecular weight excluding hydrogens is 258 g/mol. The minimum atomic E-state index is 0.131. The second kappa shape index (κ2) is 5.59. The maximum atomic E-state index is 12.0. The summed E-state index contributed by atoms with van der Waals surface area (Å²) in [5, 5.41) is 7.12. The summed E-state index contributed by atoms with van der Waals surface area (Å²) in [5.41, 5.74) is 0. The third-order valence-corrected chi connectivity index (χ3v) is 5.31. The van der Waals surface area contributed by atoms with Crippen molar-refractivity contribution in [2.24, 2.45) is 11.8 Å². The molecule has 4 nitrogen and oxygen atoms in total. The number of carbonyl (C=O) groups excluding carboxylic acids is 1. The van der Waals surface area contributed by atoms with Gasteiger partial charge in [-0.25, -0.2) is 4.98 Å². The highest BCUT2D eigenvalue weighted by Gasteiger charge is 2.32. The van der Waals surface area contributed by atoms with Crippen LogP contribution in [0.25, 0.3) is 0 Å². The van der Waals surface area contributed by atoms with Crippen LogP contribution < -0.4 is 10.6 Å². The lowest BCUT2D eigenvalue weighted by Gasteiger charge is -2.20. The summed E-state index contributed by atoms with van der Waals surface area (Å²) >= 11 is 1.65. The van der Waals surface area contributed by atoms with E-state index in [2.05, 4.69) is 15.6 Å². The van der Waals surface area contributed by atoms with Crippen molar-refractivity contribution >= 4 is 22.4 Å². The van der Waals surface area contributed by atoms with Crippen molar-refractivity contribution < 1.29 is 4.79 Å². The Hall–Kier alpha value is -0.940. The monoisotopic (exact) mass is 279 g/mol. The van der Waals surface area contributed by atoms with Crippen molar-refractivity contribution in [3.8, 4) is 0 Å². The lowest BCUT2D eigenvalue weighted by molar-refractivity contribution is -0.119. The van der Waals surface area contributed by atoms with E-state index in [-0.39, 0.29) is 11.8 Å². The Morgan fingerprint density at radius 2 is 2.16 bits per heavy atom. The normalized spacial score (nSPS) is 22.2. The molecule has 0 spiro atoms. The van der Waals surface area contributed by atoms with Crippen molar-refractivity contribution in [3.63, 3.8) is 0 Å². The van der Waals surface area contributed by atoms with Gasteiger partial charge in [0.1, 0.15) is 0 Å². The molecule has 2 heterocycles. The Balaban J connectivity index is 1.59. The van der Waals surface area contributed by atoms with Gasteiger partial charge in [0.05, 0.1) is 0 Å². The topological polar surface area (TPSA) is 54.0 Å². The number of aromatic nitrogens is 1. The highest BCUT2D eigenvalue weighted by Crippen LogP contribution is 2.37. The van der Waals surface area contributed by atoms with Crippen molar-refractivity contribution in [2.75, 3.05) is 18.4 Å². The average molecular weight is 279 g/mol. The Morgan fingerprint density at radius 1 is 1.42 bits per heavy atom. The van der Waals surface area contributed by atoms with E-state index in [1.54, 1.807) is 11.3 Å². The molecule has 1 aromatic heterocycles. The van der Waals surface area contributed by atoms with Crippen LogP contribution >= 0.6 is 11.3 Å². The van der Waals surface area contributed by atoms with Crippen LogP contribution in [-0.2, 0) is 4.79 Å². The average Bonchev–Trinajstić information content (AvgIpc) is 3.19. The molecule has 0 bridgehead atoms. The van der Waals surface area contributed by atoms with Gasteiger partial charge in [-0.1, -0.05) is 6.92 Å². The summed E-state index contributed by atoms with van der Waals surface area (Å²) in [6.45, 7) is 4.19. The van der Waals surface area contributed by atoms with Gasteiger partial charge in [-0.2, -0.15) is 0 Å². The first-order chi connectivity index (χ1) is 9.24. The molecule has 19 heavy (non-hydrogen) atoms. The minimum Gasteiger partial charge on any atom is -0.317 e. The van der Waals surface area contributed by atoms with Gasteiger partial charge in [-0.15, -0.1) is 11.3 Å². The summed E-state index contributed by atoms with van der Waals surface area (Å²) in [6.07, 6.45) is 6.69. The van der Waals surface area contributed by atoms with E-state index in [4.69, 9.17) is 0 Å². The van der Waals surface area contributed by atoms with Gasteiger partial charge in [0.15, 0.2) is 5.13 Å². The number of piperidine rings is 1. The molecule has 5 heteroatoms. The number of amides is 1. The number of anilines is 1. The Labute approximate surface area is 118 Å². The molecule has 1 saturated carbocycles. The predicted molar refractivity (Wildman–Crippen MR) is 77.5 cm³/mol. The predicted octanol–water partition coefficient (Wildman–Crippen LogP) is 2.59. The minimum absolute atomic E-state index is 0.131. The second-order valence-electron chi connectivity index (χ2n) is 5.71. The van der Waals surface area contributed by atoms with Crippen LogP contribution in [0.4, 0.5) is 5.13 Å². The van der Waals surface area contributed by atoms with Crippen LogP contribution in [0.1, 0.15) is 43.4 Å². The van der Waals surface area contributed by atoms with E-state index in [0.717, 1.165) is 18.2 Å². The molecule has 1 unspecified atom stereocenters. The first kappa shape index (κ1) is 13.1. The number of thiazole rings is 1. The zero-order valence-electron chi connectivity index (χ0n) is 11.3. The van der Waals surface area contributed by atoms with E-state index in [9.17, 15) is 4.79 Å². The van der Waals surface area contributed by atoms with Gasteiger partial charge in [0, 0.05) is 17.0 Å². The van der Waals surface area contributed by atoms with Gasteiger partial charge in [-0.05, 0) is 50.6 Å². The molecule has 2 aliphatic rings. The van der Waals surface area contributed by atoms with E-state index < -0.39 is 0 Å². The SMILES string of the molecule is CC(C(=O)Nc1ncc(C2CCNCC2)s1)C1CC1. The quantitative estimate of drug-likeness (QED) is 0.890. The van der Waals surface area contributed by atoms with Gasteiger partial charge >= 0.3 is 0 Å². The van der Waals surface area contributed by atoms with E-state index in [1.165, 1.54) is 30.6 Å².